The van der Waals surface area contributed by atoms with Crippen molar-refractivity contribution in [1.82, 2.24) is 5.32 Å². The lowest BCUT2D eigenvalue weighted by Gasteiger charge is -2.13. The van der Waals surface area contributed by atoms with E-state index in [9.17, 15) is 14.4 Å². The first-order valence-electron chi connectivity index (χ1n) is 6.24. The van der Waals surface area contributed by atoms with Crippen LogP contribution in [0.2, 0.25) is 0 Å². The van der Waals surface area contributed by atoms with Gasteiger partial charge in [-0.1, -0.05) is 37.3 Å². The second-order valence-corrected chi connectivity index (χ2v) is 4.19. The third kappa shape index (κ3) is 5.51. The van der Waals surface area contributed by atoms with Crippen LogP contribution in [0.25, 0.3) is 0 Å². The number of carbonyl (C=O) groups excluding carboxylic acids is 2. The van der Waals surface area contributed by atoms with Crippen LogP contribution in [0.4, 0.5) is 4.79 Å². The van der Waals surface area contributed by atoms with Crippen molar-refractivity contribution in [3.63, 3.8) is 0 Å². The van der Waals surface area contributed by atoms with Crippen molar-refractivity contribution in [2.24, 2.45) is 0 Å². The molecule has 0 unspecified atom stereocenters. The molecule has 0 heterocycles. The van der Waals surface area contributed by atoms with Crippen molar-refractivity contribution < 1.29 is 24.2 Å². The molecule has 6 nitrogen and oxygen atoms in total. The van der Waals surface area contributed by atoms with E-state index in [0.29, 0.717) is 0 Å². The van der Waals surface area contributed by atoms with Gasteiger partial charge in [0.05, 0.1) is 0 Å². The van der Waals surface area contributed by atoms with Gasteiger partial charge in [0.1, 0.15) is 18.4 Å². The highest BCUT2D eigenvalue weighted by Crippen LogP contribution is 2.02. The number of amides is 1. The van der Waals surface area contributed by atoms with Crippen LogP contribution in [-0.4, -0.2) is 29.0 Å². The van der Waals surface area contributed by atoms with Crippen molar-refractivity contribution in [3.8, 4) is 0 Å². The molecule has 2 N–H and O–H groups in total. The number of hydrogen-bond acceptors (Lipinski definition) is 4. The Labute approximate surface area is 116 Å². The predicted octanol–water partition coefficient (Wildman–Crippen LogP) is 1.74. The van der Waals surface area contributed by atoms with E-state index in [1.807, 2.05) is 6.07 Å². The van der Waals surface area contributed by atoms with Crippen molar-refractivity contribution in [3.05, 3.63) is 35.9 Å². The predicted molar refractivity (Wildman–Crippen MR) is 71.1 cm³/mol. The van der Waals surface area contributed by atoms with Gasteiger partial charge in [-0.15, -0.1) is 0 Å². The van der Waals surface area contributed by atoms with Gasteiger partial charge in [0.2, 0.25) is 0 Å². The SMILES string of the molecule is CCC(=O)C[C@H](NC(=O)OCc1ccccc1)C(=O)O. The first kappa shape index (κ1) is 15.7. The summed E-state index contributed by atoms with van der Waals surface area (Å²) < 4.78 is 4.90. The molecule has 20 heavy (non-hydrogen) atoms. The van der Waals surface area contributed by atoms with Gasteiger partial charge in [-0.05, 0) is 5.56 Å². The lowest BCUT2D eigenvalue weighted by Crippen LogP contribution is -2.42. The molecule has 6 heteroatoms. The molecule has 0 radical (unpaired) electrons. The van der Waals surface area contributed by atoms with Gasteiger partial charge in [0.25, 0.3) is 0 Å². The zero-order chi connectivity index (χ0) is 15.0. The molecule has 1 atom stereocenters. The largest absolute Gasteiger partial charge is 0.480 e. The number of ketones is 1. The van der Waals surface area contributed by atoms with E-state index in [0.717, 1.165) is 5.56 Å². The lowest BCUT2D eigenvalue weighted by atomic mass is 10.1. The fourth-order valence-electron chi connectivity index (χ4n) is 1.48. The summed E-state index contributed by atoms with van der Waals surface area (Å²) in [6.45, 7) is 1.68. The van der Waals surface area contributed by atoms with Crippen LogP contribution in [0.1, 0.15) is 25.3 Å². The van der Waals surface area contributed by atoms with E-state index in [1.54, 1.807) is 31.2 Å². The van der Waals surface area contributed by atoms with Crippen LogP contribution in [0.5, 0.6) is 0 Å². The molecule has 0 aliphatic heterocycles. The molecule has 0 saturated heterocycles. The Morgan fingerprint density at radius 2 is 1.90 bits per heavy atom. The topological polar surface area (TPSA) is 92.7 Å². The van der Waals surface area contributed by atoms with Crippen molar-refractivity contribution in [1.29, 1.82) is 0 Å². The van der Waals surface area contributed by atoms with E-state index in [1.165, 1.54) is 0 Å². The summed E-state index contributed by atoms with van der Waals surface area (Å²) in [7, 11) is 0. The van der Waals surface area contributed by atoms with Crippen LogP contribution < -0.4 is 5.32 Å². The molecule has 0 fully saturated rings. The van der Waals surface area contributed by atoms with E-state index in [2.05, 4.69) is 5.32 Å². The Kier molecular flexibility index (Phi) is 6.22. The number of hydrogen-bond donors (Lipinski definition) is 2. The quantitative estimate of drug-likeness (QED) is 0.793. The fraction of sp³-hybridized carbons (Fsp3) is 0.357. The van der Waals surface area contributed by atoms with Crippen molar-refractivity contribution >= 4 is 17.8 Å². The normalized spacial score (nSPS) is 11.4. The van der Waals surface area contributed by atoms with Gasteiger partial charge in [-0.2, -0.15) is 0 Å². The van der Waals surface area contributed by atoms with Gasteiger partial charge >= 0.3 is 12.1 Å². The number of carboxylic acid groups (broad SMARTS) is 1. The molecule has 0 bridgehead atoms. The number of benzene rings is 1. The molecular formula is C14H17NO5. The highest BCUT2D eigenvalue weighted by Gasteiger charge is 2.23. The summed E-state index contributed by atoms with van der Waals surface area (Å²) >= 11 is 0. The smallest absolute Gasteiger partial charge is 0.408 e. The number of nitrogens with one attached hydrogen (secondary N) is 1. The maximum atomic E-state index is 11.5. The molecule has 1 aromatic carbocycles. The molecule has 0 spiro atoms. The molecule has 1 rings (SSSR count). The molecule has 0 aromatic heterocycles. The Morgan fingerprint density at radius 3 is 2.45 bits per heavy atom. The summed E-state index contributed by atoms with van der Waals surface area (Å²) in [6.07, 6.45) is -0.873. The number of rotatable bonds is 7. The fourth-order valence-corrected chi connectivity index (χ4v) is 1.48. The number of carboxylic acids is 1. The second kappa shape index (κ2) is 7.93. The van der Waals surface area contributed by atoms with Crippen molar-refractivity contribution in [2.75, 3.05) is 0 Å². The zero-order valence-corrected chi connectivity index (χ0v) is 11.2. The van der Waals surface area contributed by atoms with Gasteiger partial charge in [0.15, 0.2) is 0 Å². The summed E-state index contributed by atoms with van der Waals surface area (Å²) in [4.78, 5) is 33.7. The van der Waals surface area contributed by atoms with Crippen LogP contribution in [0.15, 0.2) is 30.3 Å². The minimum absolute atomic E-state index is 0.0424. The summed E-state index contributed by atoms with van der Waals surface area (Å²) in [5.74, 6) is -1.50. The van der Waals surface area contributed by atoms with E-state index in [-0.39, 0.29) is 25.2 Å². The maximum absolute atomic E-state index is 11.5. The number of carbonyl (C=O) groups is 3. The van der Waals surface area contributed by atoms with E-state index < -0.39 is 18.1 Å². The third-order valence-corrected chi connectivity index (χ3v) is 2.63. The zero-order valence-electron chi connectivity index (χ0n) is 11.2. The van der Waals surface area contributed by atoms with Gasteiger partial charge in [-0.3, -0.25) is 4.79 Å². The van der Waals surface area contributed by atoms with E-state index >= 15 is 0 Å². The van der Waals surface area contributed by atoms with Gasteiger partial charge in [-0.25, -0.2) is 9.59 Å². The van der Waals surface area contributed by atoms with Crippen LogP contribution in [0, 0.1) is 0 Å². The lowest BCUT2D eigenvalue weighted by molar-refractivity contribution is -0.141. The molecule has 1 amide bonds. The Balaban J connectivity index is 2.46. The van der Waals surface area contributed by atoms with Crippen molar-refractivity contribution in [2.45, 2.75) is 32.4 Å². The van der Waals surface area contributed by atoms with Crippen LogP contribution in [-0.2, 0) is 20.9 Å². The van der Waals surface area contributed by atoms with E-state index in [4.69, 9.17) is 9.84 Å². The van der Waals surface area contributed by atoms with Crippen LogP contribution >= 0.6 is 0 Å². The third-order valence-electron chi connectivity index (χ3n) is 2.63. The second-order valence-electron chi connectivity index (χ2n) is 4.19. The average molecular weight is 279 g/mol. The number of aliphatic carboxylic acids is 1. The van der Waals surface area contributed by atoms with Crippen LogP contribution in [0.3, 0.4) is 0 Å². The number of ether oxygens (including phenoxy) is 1. The first-order chi connectivity index (χ1) is 9.52. The van der Waals surface area contributed by atoms with Gasteiger partial charge < -0.3 is 15.2 Å². The maximum Gasteiger partial charge on any atom is 0.408 e. The number of Topliss-reactive ketones (excluding diaryl/α,β-unsaturated/α-hetero) is 1. The highest BCUT2D eigenvalue weighted by atomic mass is 16.5. The average Bonchev–Trinajstić information content (AvgIpc) is 2.45. The molecule has 1 aromatic rings. The summed E-state index contributed by atoms with van der Waals surface area (Å²) in [5, 5.41) is 11.1. The minimum Gasteiger partial charge on any atom is -0.480 e. The summed E-state index contributed by atoms with van der Waals surface area (Å²) in [6, 6.07) is 7.74. The molecular weight excluding hydrogens is 262 g/mol. The molecule has 108 valence electrons. The Hall–Kier alpha value is -2.37. The highest BCUT2D eigenvalue weighted by molar-refractivity contribution is 5.87. The number of alkyl carbamates (subject to hydrolysis) is 1. The standard InChI is InChI=1S/C14H17NO5/c1-2-11(16)8-12(13(17)18)15-14(19)20-9-10-6-4-3-5-7-10/h3-7,12H,2,8-9H2,1H3,(H,15,19)(H,17,18)/t12-/m0/s1. The minimum atomic E-state index is -1.26. The molecule has 0 saturated carbocycles. The molecule has 0 aliphatic rings. The Morgan fingerprint density at radius 1 is 1.25 bits per heavy atom. The van der Waals surface area contributed by atoms with Gasteiger partial charge in [0, 0.05) is 12.8 Å². The molecule has 0 aliphatic carbocycles. The first-order valence-corrected chi connectivity index (χ1v) is 6.24. The Bertz CT molecular complexity index is 472. The summed E-state index contributed by atoms with van der Waals surface area (Å²) in [5.41, 5.74) is 0.791. The monoisotopic (exact) mass is 279 g/mol.